The number of hydrogen-bond donors (Lipinski definition) is 2. The third kappa shape index (κ3) is 5.16. The van der Waals surface area contributed by atoms with Crippen LogP contribution in [0.3, 0.4) is 0 Å². The zero-order valence-corrected chi connectivity index (χ0v) is 19.2. The molecule has 1 saturated heterocycles. The molecule has 2 heterocycles. The van der Waals surface area contributed by atoms with Crippen molar-refractivity contribution in [2.45, 2.75) is 55.5 Å². The lowest BCUT2D eigenvalue weighted by Crippen LogP contribution is -2.37. The van der Waals surface area contributed by atoms with E-state index in [0.717, 1.165) is 57.4 Å². The standard InChI is InChI=1S/C23H31N3O5S/c1-30-21-11-10-17(15-22(21)32(28,29)25-18-7-2-3-8-18)23(27)24-16-19(20-9-6-14-31-20)26-12-4-5-13-26/h6,9-11,14-15,18-19,25H,2-5,7-8,12-13,16H2,1H3,(H,24,27)/t19-/m1/s1. The minimum atomic E-state index is -3.80. The van der Waals surface area contributed by atoms with E-state index in [1.165, 1.54) is 19.2 Å². The number of methoxy groups -OCH3 is 1. The van der Waals surface area contributed by atoms with Gasteiger partial charge in [-0.15, -0.1) is 0 Å². The number of ether oxygens (including phenoxy) is 1. The van der Waals surface area contributed by atoms with Crippen molar-refractivity contribution in [3.8, 4) is 5.75 Å². The highest BCUT2D eigenvalue weighted by Crippen LogP contribution is 2.28. The van der Waals surface area contributed by atoms with Gasteiger partial charge in [0.1, 0.15) is 16.4 Å². The first-order chi connectivity index (χ1) is 15.5. The highest BCUT2D eigenvalue weighted by Gasteiger charge is 2.28. The van der Waals surface area contributed by atoms with Gasteiger partial charge in [-0.05, 0) is 69.1 Å². The van der Waals surface area contributed by atoms with E-state index in [2.05, 4.69) is 14.9 Å². The summed E-state index contributed by atoms with van der Waals surface area (Å²) in [4.78, 5) is 15.2. The van der Waals surface area contributed by atoms with E-state index in [9.17, 15) is 13.2 Å². The molecule has 0 radical (unpaired) electrons. The second-order valence-corrected chi connectivity index (χ2v) is 10.1. The maximum Gasteiger partial charge on any atom is 0.251 e. The third-order valence-electron chi connectivity index (χ3n) is 6.30. The molecule has 1 aliphatic carbocycles. The van der Waals surface area contributed by atoms with E-state index in [0.29, 0.717) is 6.54 Å². The molecule has 1 atom stereocenters. The van der Waals surface area contributed by atoms with Crippen molar-refractivity contribution in [2.75, 3.05) is 26.7 Å². The number of furan rings is 1. The summed E-state index contributed by atoms with van der Waals surface area (Å²) in [5, 5.41) is 2.96. The SMILES string of the molecule is COc1ccc(C(=O)NC[C@H](c2ccco2)N2CCCC2)cc1S(=O)(=O)NC1CCCC1. The van der Waals surface area contributed by atoms with Crippen molar-refractivity contribution in [1.29, 1.82) is 0 Å². The van der Waals surface area contributed by atoms with Crippen LogP contribution in [0.15, 0.2) is 45.9 Å². The van der Waals surface area contributed by atoms with Gasteiger partial charge in [0.15, 0.2) is 0 Å². The minimum absolute atomic E-state index is 0.0123. The Hall–Kier alpha value is -2.36. The lowest BCUT2D eigenvalue weighted by atomic mass is 10.1. The average Bonchev–Trinajstić information content (AvgIpc) is 3.57. The molecule has 9 heteroatoms. The number of likely N-dealkylation sites (tertiary alicyclic amines) is 1. The van der Waals surface area contributed by atoms with Crippen molar-refractivity contribution in [3.05, 3.63) is 47.9 Å². The first kappa shape index (κ1) is 22.8. The molecule has 174 valence electrons. The summed E-state index contributed by atoms with van der Waals surface area (Å²) in [6, 6.07) is 8.14. The van der Waals surface area contributed by atoms with E-state index in [1.54, 1.807) is 12.3 Å². The lowest BCUT2D eigenvalue weighted by molar-refractivity contribution is 0.0933. The maximum absolute atomic E-state index is 13.0. The van der Waals surface area contributed by atoms with Crippen LogP contribution in [0.2, 0.25) is 0 Å². The summed E-state index contributed by atoms with van der Waals surface area (Å²) >= 11 is 0. The number of nitrogens with zero attached hydrogens (tertiary/aromatic N) is 1. The molecule has 1 aromatic carbocycles. The zero-order chi connectivity index (χ0) is 22.6. The molecule has 0 unspecified atom stereocenters. The Kier molecular flexibility index (Phi) is 7.17. The lowest BCUT2D eigenvalue weighted by Gasteiger charge is -2.26. The Morgan fingerprint density at radius 1 is 1.19 bits per heavy atom. The Morgan fingerprint density at radius 3 is 2.59 bits per heavy atom. The Bertz CT molecular complexity index is 1010. The summed E-state index contributed by atoms with van der Waals surface area (Å²) in [6.07, 6.45) is 7.57. The first-order valence-corrected chi connectivity index (χ1v) is 12.7. The molecule has 2 aliphatic rings. The molecule has 32 heavy (non-hydrogen) atoms. The smallest absolute Gasteiger partial charge is 0.251 e. The van der Waals surface area contributed by atoms with Crippen LogP contribution in [0, 0.1) is 0 Å². The van der Waals surface area contributed by atoms with Crippen LogP contribution >= 0.6 is 0 Å². The van der Waals surface area contributed by atoms with Crippen molar-refractivity contribution < 1.29 is 22.4 Å². The highest BCUT2D eigenvalue weighted by atomic mass is 32.2. The molecule has 4 rings (SSSR count). The fourth-order valence-corrected chi connectivity index (χ4v) is 6.09. The molecule has 1 saturated carbocycles. The van der Waals surface area contributed by atoms with E-state index < -0.39 is 10.0 Å². The largest absolute Gasteiger partial charge is 0.495 e. The van der Waals surface area contributed by atoms with Crippen LogP contribution in [0.5, 0.6) is 5.75 Å². The number of nitrogens with one attached hydrogen (secondary N) is 2. The summed E-state index contributed by atoms with van der Waals surface area (Å²) in [5.74, 6) is 0.698. The number of amides is 1. The van der Waals surface area contributed by atoms with E-state index in [4.69, 9.17) is 9.15 Å². The van der Waals surface area contributed by atoms with Gasteiger partial charge in [-0.25, -0.2) is 13.1 Å². The number of sulfonamides is 1. The topological polar surface area (TPSA) is 101 Å². The van der Waals surface area contributed by atoms with Crippen LogP contribution in [-0.2, 0) is 10.0 Å². The molecule has 8 nitrogen and oxygen atoms in total. The first-order valence-electron chi connectivity index (χ1n) is 11.2. The summed E-state index contributed by atoms with van der Waals surface area (Å²) in [6.45, 7) is 2.29. The van der Waals surface area contributed by atoms with E-state index in [1.807, 2.05) is 12.1 Å². The van der Waals surface area contributed by atoms with Gasteiger partial charge in [0.2, 0.25) is 10.0 Å². The number of benzene rings is 1. The minimum Gasteiger partial charge on any atom is -0.495 e. The zero-order valence-electron chi connectivity index (χ0n) is 18.4. The van der Waals surface area contributed by atoms with E-state index in [-0.39, 0.29) is 34.2 Å². The van der Waals surface area contributed by atoms with Crippen LogP contribution in [0.25, 0.3) is 0 Å². The quantitative estimate of drug-likeness (QED) is 0.595. The van der Waals surface area contributed by atoms with Gasteiger partial charge in [0.25, 0.3) is 5.91 Å². The molecule has 1 amide bonds. The van der Waals surface area contributed by atoms with E-state index >= 15 is 0 Å². The number of hydrogen-bond acceptors (Lipinski definition) is 6. The molecular formula is C23H31N3O5S. The fourth-order valence-electron chi connectivity index (χ4n) is 4.59. The highest BCUT2D eigenvalue weighted by molar-refractivity contribution is 7.89. The molecule has 0 spiro atoms. The number of carbonyl (C=O) groups is 1. The molecule has 1 aromatic heterocycles. The Morgan fingerprint density at radius 2 is 1.94 bits per heavy atom. The van der Waals surface area contributed by atoms with Crippen molar-refractivity contribution in [1.82, 2.24) is 14.9 Å². The van der Waals surface area contributed by atoms with Crippen molar-refractivity contribution in [3.63, 3.8) is 0 Å². The Balaban J connectivity index is 1.50. The second kappa shape index (κ2) is 10.1. The molecule has 2 N–H and O–H groups in total. The van der Waals surface area contributed by atoms with Crippen LogP contribution in [-0.4, -0.2) is 52.0 Å². The normalized spacial score (nSPS) is 18.7. The molecule has 2 aromatic rings. The maximum atomic E-state index is 13.0. The van der Waals surface area contributed by atoms with Crippen LogP contribution in [0.1, 0.15) is 60.7 Å². The number of rotatable bonds is 9. The van der Waals surface area contributed by atoms with Gasteiger partial charge < -0.3 is 14.5 Å². The molecule has 1 aliphatic heterocycles. The van der Waals surface area contributed by atoms with Crippen LogP contribution < -0.4 is 14.8 Å². The predicted octanol–water partition coefficient (Wildman–Crippen LogP) is 3.08. The average molecular weight is 462 g/mol. The van der Waals surface area contributed by atoms with Gasteiger partial charge >= 0.3 is 0 Å². The summed E-state index contributed by atoms with van der Waals surface area (Å²) in [5.41, 5.74) is 0.275. The van der Waals surface area contributed by atoms with Crippen LogP contribution in [0.4, 0.5) is 0 Å². The van der Waals surface area contributed by atoms with Gasteiger partial charge in [-0.1, -0.05) is 12.8 Å². The molecule has 2 fully saturated rings. The van der Waals surface area contributed by atoms with Gasteiger partial charge in [-0.2, -0.15) is 0 Å². The second-order valence-electron chi connectivity index (χ2n) is 8.45. The summed E-state index contributed by atoms with van der Waals surface area (Å²) in [7, 11) is -2.38. The van der Waals surface area contributed by atoms with Gasteiger partial charge in [-0.3, -0.25) is 9.69 Å². The Labute approximate surface area is 189 Å². The third-order valence-corrected chi connectivity index (χ3v) is 7.84. The predicted molar refractivity (Wildman–Crippen MR) is 120 cm³/mol. The van der Waals surface area contributed by atoms with Gasteiger partial charge in [0.05, 0.1) is 19.4 Å². The monoisotopic (exact) mass is 461 g/mol. The molecular weight excluding hydrogens is 430 g/mol. The molecule has 0 bridgehead atoms. The van der Waals surface area contributed by atoms with Gasteiger partial charge in [0, 0.05) is 18.2 Å². The van der Waals surface area contributed by atoms with Crippen molar-refractivity contribution >= 4 is 15.9 Å². The number of carbonyl (C=O) groups excluding carboxylic acids is 1. The van der Waals surface area contributed by atoms with Crippen molar-refractivity contribution in [2.24, 2.45) is 0 Å². The summed E-state index contributed by atoms with van der Waals surface area (Å²) < 4.78 is 39.6. The fraction of sp³-hybridized carbons (Fsp3) is 0.522.